The highest BCUT2D eigenvalue weighted by molar-refractivity contribution is 6.32. The molecule has 0 spiro atoms. The zero-order chi connectivity index (χ0) is 13.5. The predicted molar refractivity (Wildman–Crippen MR) is 73.5 cm³/mol. The van der Waals surface area contributed by atoms with Crippen molar-refractivity contribution < 1.29 is 9.53 Å². The third-order valence-electron chi connectivity index (χ3n) is 4.17. The number of nitrogens with zero attached hydrogens (tertiary/aromatic N) is 1. The summed E-state index contributed by atoms with van der Waals surface area (Å²) in [5.74, 6) is 0.793. The second-order valence-electron chi connectivity index (χ2n) is 5.52. The van der Waals surface area contributed by atoms with Crippen molar-refractivity contribution in [2.75, 3.05) is 0 Å². The molecule has 1 heterocycles. The summed E-state index contributed by atoms with van der Waals surface area (Å²) in [5.41, 5.74) is 1.75. The van der Waals surface area contributed by atoms with Gasteiger partial charge in [0.05, 0.1) is 10.6 Å². The molecule has 0 N–H and O–H groups in total. The van der Waals surface area contributed by atoms with E-state index in [1.165, 1.54) is 0 Å². The highest BCUT2D eigenvalue weighted by atomic mass is 35.5. The summed E-state index contributed by atoms with van der Waals surface area (Å²) in [6.07, 6.45) is 6.75. The van der Waals surface area contributed by atoms with Crippen molar-refractivity contribution in [2.45, 2.75) is 50.7 Å². The molecule has 0 amide bonds. The number of aliphatic imine (C=N–C) groups is 1. The van der Waals surface area contributed by atoms with Gasteiger partial charge in [0.15, 0.2) is 0 Å². The Morgan fingerprint density at radius 1 is 1.42 bits per heavy atom. The molecule has 1 unspecified atom stereocenters. The largest absolute Gasteiger partial charge is 0.489 e. The van der Waals surface area contributed by atoms with Crippen LogP contribution >= 0.6 is 11.6 Å². The first-order chi connectivity index (χ1) is 9.14. The third kappa shape index (κ3) is 2.07. The summed E-state index contributed by atoms with van der Waals surface area (Å²) in [4.78, 5) is 14.9. The maximum atomic E-state index is 10.8. The van der Waals surface area contributed by atoms with Crippen LogP contribution in [0.1, 0.15) is 43.7 Å². The van der Waals surface area contributed by atoms with Crippen molar-refractivity contribution in [3.05, 3.63) is 28.3 Å². The summed E-state index contributed by atoms with van der Waals surface area (Å²) in [5, 5.41) is 0.629. The smallest absolute Gasteiger partial charge is 0.235 e. The topological polar surface area (TPSA) is 38.7 Å². The first kappa shape index (κ1) is 12.7. The Bertz CT molecular complexity index is 558. The van der Waals surface area contributed by atoms with Gasteiger partial charge in [0.1, 0.15) is 11.9 Å². The molecule has 3 nitrogen and oxygen atoms in total. The van der Waals surface area contributed by atoms with Crippen LogP contribution in [0.4, 0.5) is 0 Å². The summed E-state index contributed by atoms with van der Waals surface area (Å²) in [6.45, 7) is 2.03. The van der Waals surface area contributed by atoms with Gasteiger partial charge in [-0.25, -0.2) is 4.79 Å². The van der Waals surface area contributed by atoms with E-state index in [1.807, 2.05) is 13.0 Å². The molecular formula is C15H16ClNO2. The van der Waals surface area contributed by atoms with Gasteiger partial charge in [-0.1, -0.05) is 24.4 Å². The van der Waals surface area contributed by atoms with Crippen LogP contribution in [0.5, 0.6) is 5.75 Å². The second-order valence-corrected chi connectivity index (χ2v) is 5.93. The van der Waals surface area contributed by atoms with Gasteiger partial charge in [-0.15, -0.1) is 0 Å². The lowest BCUT2D eigenvalue weighted by atomic mass is 9.87. The van der Waals surface area contributed by atoms with E-state index in [0.717, 1.165) is 49.0 Å². The molecule has 3 rings (SSSR count). The minimum absolute atomic E-state index is 0.164. The lowest BCUT2D eigenvalue weighted by molar-refractivity contribution is 0.255. The summed E-state index contributed by atoms with van der Waals surface area (Å²) >= 11 is 6.32. The molecule has 2 aliphatic rings. The van der Waals surface area contributed by atoms with E-state index < -0.39 is 5.54 Å². The van der Waals surface area contributed by atoms with Gasteiger partial charge in [0.2, 0.25) is 6.08 Å². The number of fused-ring (bicyclic) bond motifs is 1. The van der Waals surface area contributed by atoms with Crippen LogP contribution in [0.25, 0.3) is 0 Å². The minimum atomic E-state index is -0.410. The lowest BCUT2D eigenvalue weighted by Crippen LogP contribution is -2.19. The van der Waals surface area contributed by atoms with Crippen molar-refractivity contribution in [3.8, 4) is 5.75 Å². The Labute approximate surface area is 117 Å². The van der Waals surface area contributed by atoms with Gasteiger partial charge in [-0.3, -0.25) is 0 Å². The SMILES string of the molecule is CC1Cc2cc(C3(N=C=O)CCCC3)cc(Cl)c2O1. The number of halogens is 1. The quantitative estimate of drug-likeness (QED) is 0.610. The maximum Gasteiger partial charge on any atom is 0.235 e. The molecule has 0 radical (unpaired) electrons. The van der Waals surface area contributed by atoms with Gasteiger partial charge in [0.25, 0.3) is 0 Å². The maximum absolute atomic E-state index is 10.8. The van der Waals surface area contributed by atoms with E-state index in [0.29, 0.717) is 5.02 Å². The fourth-order valence-corrected chi connectivity index (χ4v) is 3.55. The molecule has 19 heavy (non-hydrogen) atoms. The normalized spacial score (nSPS) is 23.6. The highest BCUT2D eigenvalue weighted by Gasteiger charge is 2.37. The van der Waals surface area contributed by atoms with E-state index in [9.17, 15) is 4.79 Å². The molecule has 1 atom stereocenters. The molecule has 0 bridgehead atoms. The van der Waals surface area contributed by atoms with Crippen molar-refractivity contribution in [1.82, 2.24) is 0 Å². The van der Waals surface area contributed by atoms with E-state index in [2.05, 4.69) is 11.1 Å². The number of rotatable bonds is 2. The first-order valence-corrected chi connectivity index (χ1v) is 7.11. The molecule has 1 saturated carbocycles. The fourth-order valence-electron chi connectivity index (χ4n) is 3.27. The molecule has 100 valence electrons. The first-order valence-electron chi connectivity index (χ1n) is 6.73. The average Bonchev–Trinajstić information content (AvgIpc) is 2.96. The van der Waals surface area contributed by atoms with Crippen molar-refractivity contribution >= 4 is 17.7 Å². The van der Waals surface area contributed by atoms with Crippen LogP contribution < -0.4 is 4.74 Å². The Morgan fingerprint density at radius 2 is 2.16 bits per heavy atom. The van der Waals surface area contributed by atoms with Crippen molar-refractivity contribution in [2.24, 2.45) is 4.99 Å². The van der Waals surface area contributed by atoms with Gasteiger partial charge in [-0.05, 0) is 43.0 Å². The number of isocyanates is 1. The Hall–Kier alpha value is -1.31. The fraction of sp³-hybridized carbons (Fsp3) is 0.533. The molecule has 1 fully saturated rings. The molecule has 1 aliphatic heterocycles. The lowest BCUT2D eigenvalue weighted by Gasteiger charge is -2.23. The van der Waals surface area contributed by atoms with Crippen LogP contribution in [-0.4, -0.2) is 12.2 Å². The minimum Gasteiger partial charge on any atom is -0.489 e. The third-order valence-corrected chi connectivity index (χ3v) is 4.46. The molecule has 1 aromatic carbocycles. The zero-order valence-corrected chi connectivity index (χ0v) is 11.7. The van der Waals surface area contributed by atoms with Crippen LogP contribution in [0, 0.1) is 0 Å². The Kier molecular flexibility index (Phi) is 3.12. The van der Waals surface area contributed by atoms with Gasteiger partial charge < -0.3 is 4.74 Å². The standard InChI is InChI=1S/C15H16ClNO2/c1-10-6-11-7-12(8-13(16)14(11)19-10)15(17-9-18)4-2-3-5-15/h7-8,10H,2-6H2,1H3. The molecular weight excluding hydrogens is 262 g/mol. The summed E-state index contributed by atoms with van der Waals surface area (Å²) < 4.78 is 5.71. The highest BCUT2D eigenvalue weighted by Crippen LogP contribution is 2.46. The van der Waals surface area contributed by atoms with Crippen LogP contribution in [0.3, 0.4) is 0 Å². The van der Waals surface area contributed by atoms with E-state index in [1.54, 1.807) is 6.08 Å². The molecule has 1 aliphatic carbocycles. The number of hydrogen-bond acceptors (Lipinski definition) is 3. The molecule has 4 heteroatoms. The van der Waals surface area contributed by atoms with Crippen LogP contribution in [0.15, 0.2) is 17.1 Å². The Morgan fingerprint density at radius 3 is 2.84 bits per heavy atom. The summed E-state index contributed by atoms with van der Waals surface area (Å²) in [7, 11) is 0. The van der Waals surface area contributed by atoms with Crippen molar-refractivity contribution in [1.29, 1.82) is 0 Å². The predicted octanol–water partition coefficient (Wildman–Crippen LogP) is 3.77. The van der Waals surface area contributed by atoms with Gasteiger partial charge in [-0.2, -0.15) is 4.99 Å². The number of ether oxygens (including phenoxy) is 1. The molecule has 0 saturated heterocycles. The average molecular weight is 278 g/mol. The monoisotopic (exact) mass is 277 g/mol. The number of carbonyl (C=O) groups excluding carboxylic acids is 1. The second kappa shape index (κ2) is 4.66. The van der Waals surface area contributed by atoms with Gasteiger partial charge >= 0.3 is 0 Å². The van der Waals surface area contributed by atoms with E-state index in [-0.39, 0.29) is 6.10 Å². The van der Waals surface area contributed by atoms with E-state index >= 15 is 0 Å². The number of benzene rings is 1. The Balaban J connectivity index is 2.09. The molecule has 1 aromatic rings. The summed E-state index contributed by atoms with van der Waals surface area (Å²) in [6, 6.07) is 4.02. The van der Waals surface area contributed by atoms with Crippen LogP contribution in [0.2, 0.25) is 5.02 Å². The van der Waals surface area contributed by atoms with Crippen molar-refractivity contribution in [3.63, 3.8) is 0 Å². The molecule has 0 aromatic heterocycles. The zero-order valence-electron chi connectivity index (χ0n) is 10.9. The van der Waals surface area contributed by atoms with E-state index in [4.69, 9.17) is 16.3 Å². The van der Waals surface area contributed by atoms with Crippen LogP contribution in [-0.2, 0) is 16.8 Å². The van der Waals surface area contributed by atoms with Gasteiger partial charge in [0, 0.05) is 6.42 Å². The number of hydrogen-bond donors (Lipinski definition) is 0.